The molecule has 31 heavy (non-hydrogen) atoms. The summed E-state index contributed by atoms with van der Waals surface area (Å²) in [6.45, 7) is -0.0876. The van der Waals surface area contributed by atoms with Gasteiger partial charge in [0.05, 0.1) is 37.0 Å². The van der Waals surface area contributed by atoms with Crippen molar-refractivity contribution >= 4 is 29.2 Å². The van der Waals surface area contributed by atoms with Crippen LogP contribution < -0.4 is 15.0 Å². The number of hydrogen-bond acceptors (Lipinski definition) is 5. The summed E-state index contributed by atoms with van der Waals surface area (Å²) in [5.74, 6) is -2.14. The van der Waals surface area contributed by atoms with Gasteiger partial charge in [-0.25, -0.2) is 4.79 Å². The standard InChI is InChI=1S/C21H19F3N2O5/c1-30-15-6-7-17(16(10-15)20(29)31-2)25-19(28)12-8-18(27)26(11-12)14-5-3-4-13(9-14)21(22,23)24/h3-7,9-10,12H,8,11H2,1-2H3,(H,25,28). The second kappa shape index (κ2) is 8.66. The van der Waals surface area contributed by atoms with Crippen LogP contribution in [0.5, 0.6) is 5.75 Å². The van der Waals surface area contributed by atoms with E-state index in [0.717, 1.165) is 17.0 Å². The van der Waals surface area contributed by atoms with Crippen LogP contribution in [0.2, 0.25) is 0 Å². The second-order valence-electron chi connectivity index (χ2n) is 6.85. The molecular weight excluding hydrogens is 417 g/mol. The Bertz CT molecular complexity index is 1020. The van der Waals surface area contributed by atoms with Crippen LogP contribution in [0.1, 0.15) is 22.3 Å². The van der Waals surface area contributed by atoms with Crippen molar-refractivity contribution in [3.8, 4) is 5.75 Å². The molecule has 0 saturated carbocycles. The number of carbonyl (C=O) groups excluding carboxylic acids is 3. The van der Waals surface area contributed by atoms with Gasteiger partial charge in [-0.3, -0.25) is 9.59 Å². The number of nitrogens with zero attached hydrogens (tertiary/aromatic N) is 1. The molecule has 0 spiro atoms. The molecule has 164 valence electrons. The number of benzene rings is 2. The van der Waals surface area contributed by atoms with Crippen molar-refractivity contribution in [3.63, 3.8) is 0 Å². The fourth-order valence-corrected chi connectivity index (χ4v) is 3.26. The predicted molar refractivity (Wildman–Crippen MR) is 105 cm³/mol. The van der Waals surface area contributed by atoms with E-state index in [1.165, 1.54) is 44.6 Å². The number of anilines is 2. The first kappa shape index (κ1) is 22.1. The summed E-state index contributed by atoms with van der Waals surface area (Å²) in [4.78, 5) is 38.3. The molecule has 1 N–H and O–H groups in total. The lowest BCUT2D eigenvalue weighted by Crippen LogP contribution is -2.28. The number of amides is 2. The molecular formula is C21H19F3N2O5. The molecule has 1 unspecified atom stereocenters. The normalized spacial score (nSPS) is 16.2. The highest BCUT2D eigenvalue weighted by molar-refractivity contribution is 6.06. The number of methoxy groups -OCH3 is 2. The lowest BCUT2D eigenvalue weighted by Gasteiger charge is -2.18. The maximum atomic E-state index is 13.0. The Hall–Kier alpha value is -3.56. The van der Waals surface area contributed by atoms with Crippen LogP contribution in [0.4, 0.5) is 24.5 Å². The van der Waals surface area contributed by atoms with E-state index >= 15 is 0 Å². The summed E-state index contributed by atoms with van der Waals surface area (Å²) >= 11 is 0. The van der Waals surface area contributed by atoms with E-state index in [9.17, 15) is 27.6 Å². The monoisotopic (exact) mass is 436 g/mol. The van der Waals surface area contributed by atoms with Crippen molar-refractivity contribution in [2.75, 3.05) is 31.0 Å². The van der Waals surface area contributed by atoms with E-state index in [1.54, 1.807) is 0 Å². The largest absolute Gasteiger partial charge is 0.497 e. The van der Waals surface area contributed by atoms with Gasteiger partial charge >= 0.3 is 12.1 Å². The van der Waals surface area contributed by atoms with Crippen molar-refractivity contribution in [3.05, 3.63) is 53.6 Å². The third kappa shape index (κ3) is 4.79. The van der Waals surface area contributed by atoms with Gasteiger partial charge in [-0.15, -0.1) is 0 Å². The van der Waals surface area contributed by atoms with Gasteiger partial charge in [0.2, 0.25) is 11.8 Å². The van der Waals surface area contributed by atoms with E-state index in [0.29, 0.717) is 5.75 Å². The average Bonchev–Trinajstić information content (AvgIpc) is 3.14. The molecule has 0 aliphatic carbocycles. The molecule has 7 nitrogen and oxygen atoms in total. The number of hydrogen-bond donors (Lipinski definition) is 1. The van der Waals surface area contributed by atoms with Crippen molar-refractivity contribution in [2.45, 2.75) is 12.6 Å². The molecule has 1 atom stereocenters. The zero-order valence-electron chi connectivity index (χ0n) is 16.7. The first-order chi connectivity index (χ1) is 14.6. The zero-order chi connectivity index (χ0) is 22.8. The summed E-state index contributed by atoms with van der Waals surface area (Å²) in [6.07, 6.45) is -4.72. The molecule has 1 aliphatic heterocycles. The molecule has 0 bridgehead atoms. The Morgan fingerprint density at radius 1 is 1.13 bits per heavy atom. The first-order valence-electron chi connectivity index (χ1n) is 9.19. The van der Waals surface area contributed by atoms with Crippen LogP contribution in [-0.4, -0.2) is 38.5 Å². The molecule has 3 rings (SSSR count). The molecule has 1 aliphatic rings. The molecule has 2 amide bonds. The summed E-state index contributed by atoms with van der Waals surface area (Å²) in [6, 6.07) is 8.77. The lowest BCUT2D eigenvalue weighted by molar-refractivity contribution is -0.137. The minimum atomic E-state index is -4.55. The minimum absolute atomic E-state index is 0.0641. The Morgan fingerprint density at radius 2 is 1.87 bits per heavy atom. The maximum Gasteiger partial charge on any atom is 0.416 e. The SMILES string of the molecule is COC(=O)c1cc(OC)ccc1NC(=O)C1CC(=O)N(c2cccc(C(F)(F)F)c2)C1. The third-order valence-corrected chi connectivity index (χ3v) is 4.87. The van der Waals surface area contributed by atoms with Gasteiger partial charge in [0.15, 0.2) is 0 Å². The smallest absolute Gasteiger partial charge is 0.416 e. The highest BCUT2D eigenvalue weighted by Gasteiger charge is 2.37. The molecule has 2 aromatic rings. The van der Waals surface area contributed by atoms with Gasteiger partial charge < -0.3 is 19.7 Å². The Kier molecular flexibility index (Phi) is 6.19. The van der Waals surface area contributed by atoms with Crippen molar-refractivity contribution in [1.29, 1.82) is 0 Å². The van der Waals surface area contributed by atoms with Gasteiger partial charge in [0.25, 0.3) is 0 Å². The van der Waals surface area contributed by atoms with Gasteiger partial charge in [-0.05, 0) is 36.4 Å². The van der Waals surface area contributed by atoms with E-state index < -0.39 is 35.4 Å². The summed E-state index contributed by atoms with van der Waals surface area (Å²) < 4.78 is 48.7. The number of esters is 1. The Labute approximate surface area is 175 Å². The number of halogens is 3. The molecule has 2 aromatic carbocycles. The summed E-state index contributed by atoms with van der Waals surface area (Å²) in [5.41, 5.74) is -0.585. The highest BCUT2D eigenvalue weighted by atomic mass is 19.4. The van der Waals surface area contributed by atoms with Crippen LogP contribution in [-0.2, 0) is 20.5 Å². The topological polar surface area (TPSA) is 84.9 Å². The lowest BCUT2D eigenvalue weighted by atomic mass is 10.1. The number of ether oxygens (including phenoxy) is 2. The molecule has 0 radical (unpaired) electrons. The van der Waals surface area contributed by atoms with Gasteiger partial charge in [0.1, 0.15) is 5.75 Å². The summed E-state index contributed by atoms with van der Waals surface area (Å²) in [7, 11) is 2.61. The average molecular weight is 436 g/mol. The highest BCUT2D eigenvalue weighted by Crippen LogP contribution is 2.34. The minimum Gasteiger partial charge on any atom is -0.497 e. The fourth-order valence-electron chi connectivity index (χ4n) is 3.26. The van der Waals surface area contributed by atoms with Gasteiger partial charge in [0, 0.05) is 18.7 Å². The number of carbonyl (C=O) groups is 3. The van der Waals surface area contributed by atoms with E-state index in [2.05, 4.69) is 5.32 Å². The van der Waals surface area contributed by atoms with Crippen LogP contribution in [0.15, 0.2) is 42.5 Å². The van der Waals surface area contributed by atoms with Gasteiger partial charge in [-0.1, -0.05) is 6.07 Å². The van der Waals surface area contributed by atoms with E-state index in [1.807, 2.05) is 0 Å². The first-order valence-corrected chi connectivity index (χ1v) is 9.19. The molecule has 1 fully saturated rings. The quantitative estimate of drug-likeness (QED) is 0.726. The van der Waals surface area contributed by atoms with Gasteiger partial charge in [-0.2, -0.15) is 13.2 Å². The van der Waals surface area contributed by atoms with Crippen molar-refractivity contribution < 1.29 is 37.0 Å². The maximum absolute atomic E-state index is 13.0. The molecule has 10 heteroatoms. The number of nitrogens with one attached hydrogen (secondary N) is 1. The van der Waals surface area contributed by atoms with Crippen LogP contribution in [0.25, 0.3) is 0 Å². The number of alkyl halides is 3. The fraction of sp³-hybridized carbons (Fsp3) is 0.286. The second-order valence-corrected chi connectivity index (χ2v) is 6.85. The third-order valence-electron chi connectivity index (χ3n) is 4.87. The molecule has 1 heterocycles. The van der Waals surface area contributed by atoms with Crippen molar-refractivity contribution in [2.24, 2.45) is 5.92 Å². The number of rotatable bonds is 5. The van der Waals surface area contributed by atoms with Crippen LogP contribution >= 0.6 is 0 Å². The van der Waals surface area contributed by atoms with E-state index in [-0.39, 0.29) is 29.9 Å². The zero-order valence-corrected chi connectivity index (χ0v) is 16.7. The molecule has 0 aromatic heterocycles. The molecule has 1 saturated heterocycles. The van der Waals surface area contributed by atoms with Crippen LogP contribution in [0, 0.1) is 5.92 Å². The Balaban J connectivity index is 1.78. The van der Waals surface area contributed by atoms with E-state index in [4.69, 9.17) is 9.47 Å². The van der Waals surface area contributed by atoms with Crippen LogP contribution in [0.3, 0.4) is 0 Å². The van der Waals surface area contributed by atoms with Crippen molar-refractivity contribution in [1.82, 2.24) is 0 Å². The predicted octanol–water partition coefficient (Wildman–Crippen LogP) is 3.49. The summed E-state index contributed by atoms with van der Waals surface area (Å²) in [5, 5.41) is 2.59. The Morgan fingerprint density at radius 3 is 2.52 bits per heavy atom.